The Bertz CT molecular complexity index is 1360. The van der Waals surface area contributed by atoms with E-state index in [-0.39, 0.29) is 10.6 Å². The highest BCUT2D eigenvalue weighted by Gasteiger charge is 2.24. The normalized spacial score (nSPS) is 12.0. The second-order valence-electron chi connectivity index (χ2n) is 7.86. The molecule has 1 atom stereocenters. The second-order valence-corrected chi connectivity index (χ2v) is 9.78. The van der Waals surface area contributed by atoms with Crippen LogP contribution in [0.4, 0.5) is 10.1 Å². The van der Waals surface area contributed by atoms with E-state index in [1.807, 2.05) is 0 Å². The number of carbonyl (C=O) groups is 2. The number of sulfone groups is 1. The van der Waals surface area contributed by atoms with E-state index in [1.54, 1.807) is 26.0 Å². The number of amides is 1. The highest BCUT2D eigenvalue weighted by Crippen LogP contribution is 2.36. The molecule has 3 aromatic rings. The topological polar surface area (TPSA) is 119 Å². The number of anilines is 1. The zero-order valence-electron chi connectivity index (χ0n) is 19.5. The lowest BCUT2D eigenvalue weighted by atomic mass is 10.1. The van der Waals surface area contributed by atoms with Gasteiger partial charge >= 0.3 is 5.97 Å². The summed E-state index contributed by atoms with van der Waals surface area (Å²) in [6, 6.07) is 11.3. The highest BCUT2D eigenvalue weighted by atomic mass is 32.2. The van der Waals surface area contributed by atoms with Crippen molar-refractivity contribution < 1.29 is 37.0 Å². The van der Waals surface area contributed by atoms with E-state index < -0.39 is 44.1 Å². The van der Waals surface area contributed by atoms with Gasteiger partial charge in [0.15, 0.2) is 0 Å². The molecule has 1 amide bonds. The zero-order valence-corrected chi connectivity index (χ0v) is 20.3. The van der Waals surface area contributed by atoms with E-state index in [0.717, 1.165) is 24.3 Å². The third-order valence-electron chi connectivity index (χ3n) is 5.24. The Morgan fingerprint density at radius 1 is 1.00 bits per heavy atom. The molecule has 3 rings (SSSR count). The lowest BCUT2D eigenvalue weighted by Gasteiger charge is -2.16. The minimum Gasteiger partial charge on any atom is -0.507 e. The Morgan fingerprint density at radius 2 is 1.60 bits per heavy atom. The fourth-order valence-electron chi connectivity index (χ4n) is 3.35. The number of esters is 1. The molecule has 0 bridgehead atoms. The Balaban J connectivity index is 1.89. The lowest BCUT2D eigenvalue weighted by molar-refractivity contribution is -0.147. The average molecular weight is 502 g/mol. The Morgan fingerprint density at radius 3 is 2.17 bits per heavy atom. The number of rotatable bonds is 7. The molecule has 0 aliphatic rings. The van der Waals surface area contributed by atoms with Crippen molar-refractivity contribution in [3.63, 3.8) is 0 Å². The van der Waals surface area contributed by atoms with Crippen LogP contribution in [0.15, 0.2) is 64.4 Å². The maximum atomic E-state index is 13.2. The van der Waals surface area contributed by atoms with E-state index in [4.69, 9.17) is 4.74 Å². The van der Waals surface area contributed by atoms with Gasteiger partial charge in [-0.1, -0.05) is 0 Å². The predicted octanol–water partition coefficient (Wildman–Crippen LogP) is 4.52. The minimum atomic E-state index is -4.14. The van der Waals surface area contributed by atoms with Crippen LogP contribution in [0.3, 0.4) is 0 Å². The Labute approximate surface area is 202 Å². The number of aromatic hydroxyl groups is 1. The van der Waals surface area contributed by atoms with Crippen molar-refractivity contribution in [3.05, 3.63) is 71.5 Å². The van der Waals surface area contributed by atoms with Crippen LogP contribution in [0.1, 0.15) is 18.1 Å². The molecule has 1 unspecified atom stereocenters. The van der Waals surface area contributed by atoms with Crippen molar-refractivity contribution in [1.82, 2.24) is 0 Å². The third-order valence-corrected chi connectivity index (χ3v) is 7.04. The van der Waals surface area contributed by atoms with Crippen molar-refractivity contribution in [3.8, 4) is 17.2 Å². The van der Waals surface area contributed by atoms with Gasteiger partial charge in [0.2, 0.25) is 15.7 Å². The van der Waals surface area contributed by atoms with E-state index in [9.17, 15) is 27.5 Å². The number of ether oxygens (including phenoxy) is 2. The van der Waals surface area contributed by atoms with Gasteiger partial charge in [-0.15, -0.1) is 0 Å². The molecule has 3 aromatic carbocycles. The summed E-state index contributed by atoms with van der Waals surface area (Å²) < 4.78 is 49.7. The number of carbonyl (C=O) groups excluding carboxylic acids is 2. The van der Waals surface area contributed by atoms with Crippen molar-refractivity contribution in [2.45, 2.75) is 30.6 Å². The Kier molecular flexibility index (Phi) is 7.45. The number of halogens is 1. The van der Waals surface area contributed by atoms with Crippen LogP contribution in [0.25, 0.3) is 0 Å². The van der Waals surface area contributed by atoms with Gasteiger partial charge in [0.05, 0.1) is 12.0 Å². The Hall–Kier alpha value is -3.92. The molecule has 0 aliphatic carbocycles. The number of methoxy groups -OCH3 is 1. The summed E-state index contributed by atoms with van der Waals surface area (Å²) in [5.41, 5.74) is 1.70. The van der Waals surface area contributed by atoms with Gasteiger partial charge in [0.1, 0.15) is 33.9 Å². The van der Waals surface area contributed by atoms with Crippen LogP contribution >= 0.6 is 0 Å². The SMILES string of the molecule is COC(=O)C(C)C(=O)Nc1cc(C)c(Oc2ccc(O)c(S(=O)(=O)c3ccc(F)cc3)c2)c(C)c1. The molecule has 35 heavy (non-hydrogen) atoms. The number of nitrogens with one attached hydrogen (secondary N) is 1. The maximum Gasteiger partial charge on any atom is 0.317 e. The molecule has 0 saturated heterocycles. The van der Waals surface area contributed by atoms with Crippen LogP contribution in [0, 0.1) is 25.6 Å². The lowest BCUT2D eigenvalue weighted by Crippen LogP contribution is -2.28. The van der Waals surface area contributed by atoms with Crippen molar-refractivity contribution in [1.29, 1.82) is 0 Å². The highest BCUT2D eigenvalue weighted by molar-refractivity contribution is 7.91. The van der Waals surface area contributed by atoms with E-state index in [2.05, 4.69) is 10.1 Å². The third kappa shape index (κ3) is 5.60. The minimum absolute atomic E-state index is 0.144. The summed E-state index contributed by atoms with van der Waals surface area (Å²) in [6.07, 6.45) is 0. The van der Waals surface area contributed by atoms with Crippen LogP contribution in [-0.4, -0.2) is 32.5 Å². The van der Waals surface area contributed by atoms with Crippen LogP contribution in [0.2, 0.25) is 0 Å². The van der Waals surface area contributed by atoms with E-state index >= 15 is 0 Å². The second kappa shape index (κ2) is 10.1. The largest absolute Gasteiger partial charge is 0.507 e. The number of benzene rings is 3. The molecule has 0 heterocycles. The maximum absolute atomic E-state index is 13.2. The fraction of sp³-hybridized carbons (Fsp3) is 0.200. The predicted molar refractivity (Wildman–Crippen MR) is 126 cm³/mol. The van der Waals surface area contributed by atoms with Crippen molar-refractivity contribution >= 4 is 27.4 Å². The average Bonchev–Trinajstić information content (AvgIpc) is 2.81. The standard InChI is InChI=1S/C25H24FNO7S/c1-14-11-18(27-24(29)16(3)25(30)33-4)12-15(2)23(14)34-19-7-10-21(28)22(13-19)35(31,32)20-8-5-17(26)6-9-20/h5-13,16,28H,1-4H3,(H,27,29). The van der Waals surface area contributed by atoms with Gasteiger partial charge in [-0.05, 0) is 80.4 Å². The fourth-order valence-corrected chi connectivity index (χ4v) is 4.71. The first kappa shape index (κ1) is 25.7. The monoisotopic (exact) mass is 501 g/mol. The summed E-state index contributed by atoms with van der Waals surface area (Å²) in [5.74, 6) is -2.68. The van der Waals surface area contributed by atoms with Crippen molar-refractivity contribution in [2.24, 2.45) is 5.92 Å². The molecule has 0 aromatic heterocycles. The quantitative estimate of drug-likeness (QED) is 0.278. The number of phenolic OH excluding ortho intramolecular Hbond substituents is 1. The van der Waals surface area contributed by atoms with Crippen LogP contribution in [-0.2, 0) is 24.2 Å². The summed E-state index contributed by atoms with van der Waals surface area (Å²) >= 11 is 0. The van der Waals surface area contributed by atoms with Gasteiger partial charge in [0, 0.05) is 11.8 Å². The molecule has 0 aliphatic heterocycles. The van der Waals surface area contributed by atoms with E-state index in [0.29, 0.717) is 22.6 Å². The smallest absolute Gasteiger partial charge is 0.317 e. The molecule has 0 spiro atoms. The number of phenols is 1. The van der Waals surface area contributed by atoms with Gasteiger partial charge in [0.25, 0.3) is 0 Å². The van der Waals surface area contributed by atoms with Gasteiger partial charge in [-0.2, -0.15) is 0 Å². The molecule has 0 saturated carbocycles. The molecule has 0 fully saturated rings. The first-order chi connectivity index (χ1) is 16.4. The van der Waals surface area contributed by atoms with Crippen molar-refractivity contribution in [2.75, 3.05) is 12.4 Å². The molecule has 2 N–H and O–H groups in total. The van der Waals surface area contributed by atoms with Crippen LogP contribution < -0.4 is 10.1 Å². The van der Waals surface area contributed by atoms with Crippen LogP contribution in [0.5, 0.6) is 17.2 Å². The molecule has 10 heteroatoms. The first-order valence-electron chi connectivity index (χ1n) is 10.5. The van der Waals surface area contributed by atoms with Gasteiger partial charge in [-0.3, -0.25) is 9.59 Å². The molecule has 184 valence electrons. The number of hydrogen-bond acceptors (Lipinski definition) is 7. The summed E-state index contributed by atoms with van der Waals surface area (Å²) in [7, 11) is -2.94. The molecule has 8 nitrogen and oxygen atoms in total. The molecule has 0 radical (unpaired) electrons. The first-order valence-corrected chi connectivity index (χ1v) is 11.9. The number of hydrogen-bond donors (Lipinski definition) is 2. The molecular weight excluding hydrogens is 477 g/mol. The van der Waals surface area contributed by atoms with E-state index in [1.165, 1.54) is 32.2 Å². The number of aryl methyl sites for hydroxylation is 2. The summed E-state index contributed by atoms with van der Waals surface area (Å²) in [6.45, 7) is 4.90. The summed E-state index contributed by atoms with van der Waals surface area (Å²) in [5, 5.41) is 12.9. The molecular formula is C25H24FNO7S. The van der Waals surface area contributed by atoms with Gasteiger partial charge < -0.3 is 19.9 Å². The summed E-state index contributed by atoms with van der Waals surface area (Å²) in [4.78, 5) is 23.3. The van der Waals surface area contributed by atoms with Gasteiger partial charge in [-0.25, -0.2) is 12.8 Å². The zero-order chi connectivity index (χ0) is 25.9.